The maximum absolute atomic E-state index is 12.1. The van der Waals surface area contributed by atoms with Crippen molar-refractivity contribution in [1.29, 1.82) is 0 Å². The van der Waals surface area contributed by atoms with Gasteiger partial charge in [-0.3, -0.25) is 4.79 Å². The molecule has 0 radical (unpaired) electrons. The van der Waals surface area contributed by atoms with Crippen LogP contribution < -0.4 is 10.6 Å². The van der Waals surface area contributed by atoms with Crippen molar-refractivity contribution in [3.8, 4) is 0 Å². The second-order valence-electron chi connectivity index (χ2n) is 4.90. The van der Waals surface area contributed by atoms with E-state index in [1.165, 1.54) is 0 Å². The van der Waals surface area contributed by atoms with Gasteiger partial charge in [-0.2, -0.15) is 0 Å². The highest BCUT2D eigenvalue weighted by Crippen LogP contribution is 2.18. The predicted octanol–water partition coefficient (Wildman–Crippen LogP) is 0.692. The Hall–Kier alpha value is -1.39. The van der Waals surface area contributed by atoms with Gasteiger partial charge in [0.2, 0.25) is 5.91 Å². The molecule has 0 spiro atoms. The summed E-state index contributed by atoms with van der Waals surface area (Å²) in [6.45, 7) is 3.60. The molecule has 4 heteroatoms. The number of hydrogen-bond acceptors (Lipinski definition) is 3. The van der Waals surface area contributed by atoms with Gasteiger partial charge in [0.15, 0.2) is 0 Å². The van der Waals surface area contributed by atoms with Crippen molar-refractivity contribution in [2.45, 2.75) is 13.0 Å². The normalized spacial score (nSPS) is 24.8. The molecule has 3 N–H and O–H groups in total. The Morgan fingerprint density at radius 3 is 2.72 bits per heavy atom. The van der Waals surface area contributed by atoms with E-state index in [1.54, 1.807) is 0 Å². The largest absolute Gasteiger partial charge is 0.394 e. The molecule has 1 aromatic carbocycles. The van der Waals surface area contributed by atoms with E-state index in [0.29, 0.717) is 5.92 Å². The van der Waals surface area contributed by atoms with Crippen molar-refractivity contribution >= 4 is 5.91 Å². The highest BCUT2D eigenvalue weighted by molar-refractivity contribution is 5.80. The molecule has 0 saturated carbocycles. The number of benzene rings is 1. The van der Waals surface area contributed by atoms with E-state index in [4.69, 9.17) is 0 Å². The number of carbonyl (C=O) groups is 1. The van der Waals surface area contributed by atoms with Crippen molar-refractivity contribution in [3.63, 3.8) is 0 Å². The maximum atomic E-state index is 12.1. The van der Waals surface area contributed by atoms with Crippen LogP contribution in [0.15, 0.2) is 30.3 Å². The van der Waals surface area contributed by atoms with Crippen LogP contribution in [-0.2, 0) is 4.79 Å². The molecule has 1 amide bonds. The Morgan fingerprint density at radius 1 is 1.44 bits per heavy atom. The molecule has 4 nitrogen and oxygen atoms in total. The minimum atomic E-state index is -0.313. The van der Waals surface area contributed by atoms with Crippen molar-refractivity contribution in [2.24, 2.45) is 11.8 Å². The first-order chi connectivity index (χ1) is 8.72. The van der Waals surface area contributed by atoms with Crippen molar-refractivity contribution in [2.75, 3.05) is 19.7 Å². The first-order valence-electron chi connectivity index (χ1n) is 6.39. The zero-order valence-corrected chi connectivity index (χ0v) is 10.6. The Morgan fingerprint density at radius 2 is 2.17 bits per heavy atom. The van der Waals surface area contributed by atoms with E-state index in [2.05, 4.69) is 17.6 Å². The standard InChI is InChI=1S/C14H20N2O2/c1-10-7-15-8-12(10)14(18)16-13(9-17)11-5-3-2-4-6-11/h2-6,10,12-13,15,17H,7-9H2,1H3,(H,16,18). The molecule has 0 aliphatic carbocycles. The van der Waals surface area contributed by atoms with E-state index >= 15 is 0 Å². The van der Waals surface area contributed by atoms with E-state index in [9.17, 15) is 9.90 Å². The van der Waals surface area contributed by atoms with Crippen molar-refractivity contribution in [3.05, 3.63) is 35.9 Å². The van der Waals surface area contributed by atoms with Gasteiger partial charge in [-0.05, 0) is 18.0 Å². The molecule has 1 saturated heterocycles. The highest BCUT2D eigenvalue weighted by atomic mass is 16.3. The van der Waals surface area contributed by atoms with E-state index in [-0.39, 0.29) is 24.5 Å². The SMILES string of the molecule is CC1CNCC1C(=O)NC(CO)c1ccccc1. The van der Waals surface area contributed by atoms with Crippen molar-refractivity contribution < 1.29 is 9.90 Å². The van der Waals surface area contributed by atoms with Gasteiger partial charge in [-0.1, -0.05) is 37.3 Å². The Kier molecular flexibility index (Phi) is 4.33. The van der Waals surface area contributed by atoms with Crippen LogP contribution in [0.25, 0.3) is 0 Å². The lowest BCUT2D eigenvalue weighted by molar-refractivity contribution is -0.126. The number of carbonyl (C=O) groups excluding carboxylic acids is 1. The molecule has 1 fully saturated rings. The average molecular weight is 248 g/mol. The van der Waals surface area contributed by atoms with Crippen LogP contribution in [0.4, 0.5) is 0 Å². The lowest BCUT2D eigenvalue weighted by Crippen LogP contribution is -2.38. The summed E-state index contributed by atoms with van der Waals surface area (Å²) in [5.74, 6) is 0.373. The first kappa shape index (κ1) is 13.1. The van der Waals surface area contributed by atoms with Crippen LogP contribution in [0.5, 0.6) is 0 Å². The topological polar surface area (TPSA) is 61.4 Å². The van der Waals surface area contributed by atoms with E-state index < -0.39 is 0 Å². The lowest BCUT2D eigenvalue weighted by atomic mass is 9.96. The summed E-state index contributed by atoms with van der Waals surface area (Å²) in [5, 5.41) is 15.5. The Bertz CT molecular complexity index is 394. The predicted molar refractivity (Wildman–Crippen MR) is 69.9 cm³/mol. The van der Waals surface area contributed by atoms with Crippen LogP contribution in [0.1, 0.15) is 18.5 Å². The van der Waals surface area contributed by atoms with Crippen LogP contribution in [0.2, 0.25) is 0 Å². The van der Waals surface area contributed by atoms with Crippen LogP contribution in [0, 0.1) is 11.8 Å². The Labute approximate surface area is 107 Å². The van der Waals surface area contributed by atoms with Gasteiger partial charge in [0.05, 0.1) is 18.6 Å². The van der Waals surface area contributed by atoms with Gasteiger partial charge >= 0.3 is 0 Å². The van der Waals surface area contributed by atoms with E-state index in [0.717, 1.165) is 18.7 Å². The van der Waals surface area contributed by atoms with Gasteiger partial charge in [-0.25, -0.2) is 0 Å². The fraction of sp³-hybridized carbons (Fsp3) is 0.500. The monoisotopic (exact) mass is 248 g/mol. The minimum absolute atomic E-state index is 0.00256. The minimum Gasteiger partial charge on any atom is -0.394 e. The molecule has 0 bridgehead atoms. The number of amides is 1. The molecular formula is C14H20N2O2. The number of rotatable bonds is 4. The van der Waals surface area contributed by atoms with Crippen LogP contribution >= 0.6 is 0 Å². The molecule has 1 heterocycles. The maximum Gasteiger partial charge on any atom is 0.225 e. The van der Waals surface area contributed by atoms with Gasteiger partial charge in [0, 0.05) is 6.54 Å². The first-order valence-corrected chi connectivity index (χ1v) is 6.39. The third kappa shape index (κ3) is 2.89. The fourth-order valence-electron chi connectivity index (χ4n) is 2.36. The molecule has 1 aliphatic rings. The van der Waals surface area contributed by atoms with Gasteiger partial charge < -0.3 is 15.7 Å². The molecule has 0 aromatic heterocycles. The zero-order chi connectivity index (χ0) is 13.0. The quantitative estimate of drug-likeness (QED) is 0.735. The third-order valence-corrected chi connectivity index (χ3v) is 3.56. The fourth-order valence-corrected chi connectivity index (χ4v) is 2.36. The van der Waals surface area contributed by atoms with Crippen molar-refractivity contribution in [1.82, 2.24) is 10.6 Å². The van der Waals surface area contributed by atoms with Gasteiger partial charge in [0.1, 0.15) is 0 Å². The molecule has 1 aliphatic heterocycles. The summed E-state index contributed by atoms with van der Waals surface area (Å²) in [4.78, 5) is 12.1. The highest BCUT2D eigenvalue weighted by Gasteiger charge is 2.30. The number of aliphatic hydroxyl groups is 1. The molecular weight excluding hydrogens is 228 g/mol. The molecule has 2 rings (SSSR count). The summed E-state index contributed by atoms with van der Waals surface area (Å²) >= 11 is 0. The average Bonchev–Trinajstić information content (AvgIpc) is 2.83. The molecule has 3 unspecified atom stereocenters. The lowest BCUT2D eigenvalue weighted by Gasteiger charge is -2.20. The summed E-state index contributed by atoms with van der Waals surface area (Å²) in [7, 11) is 0. The number of hydrogen-bond donors (Lipinski definition) is 3. The Balaban J connectivity index is 2.00. The zero-order valence-electron chi connectivity index (χ0n) is 10.6. The summed E-state index contributed by atoms with van der Waals surface area (Å²) in [6, 6.07) is 9.25. The molecule has 1 aromatic rings. The second kappa shape index (κ2) is 5.98. The van der Waals surface area contributed by atoms with E-state index in [1.807, 2.05) is 30.3 Å². The summed E-state index contributed by atoms with van der Waals surface area (Å²) in [6.07, 6.45) is 0. The summed E-state index contributed by atoms with van der Waals surface area (Å²) in [5.41, 5.74) is 0.937. The molecule has 3 atom stereocenters. The van der Waals surface area contributed by atoms with Crippen LogP contribution in [0.3, 0.4) is 0 Å². The molecule has 18 heavy (non-hydrogen) atoms. The smallest absolute Gasteiger partial charge is 0.225 e. The number of nitrogens with one attached hydrogen (secondary N) is 2. The second-order valence-corrected chi connectivity index (χ2v) is 4.90. The van der Waals surface area contributed by atoms with Crippen LogP contribution in [-0.4, -0.2) is 30.7 Å². The number of aliphatic hydroxyl groups excluding tert-OH is 1. The van der Waals surface area contributed by atoms with Gasteiger partial charge in [0.25, 0.3) is 0 Å². The molecule has 98 valence electrons. The summed E-state index contributed by atoms with van der Waals surface area (Å²) < 4.78 is 0. The third-order valence-electron chi connectivity index (χ3n) is 3.56. The van der Waals surface area contributed by atoms with Gasteiger partial charge in [-0.15, -0.1) is 0 Å².